The molecule has 1 aliphatic carbocycles. The number of hydrogen-bond acceptors (Lipinski definition) is 3. The van der Waals surface area contributed by atoms with Crippen molar-refractivity contribution in [2.75, 3.05) is 6.61 Å². The summed E-state index contributed by atoms with van der Waals surface area (Å²) < 4.78 is 6.67. The summed E-state index contributed by atoms with van der Waals surface area (Å²) in [5.41, 5.74) is 7.02. The average molecular weight is 285 g/mol. The monoisotopic (exact) mass is 284 g/mol. The summed E-state index contributed by atoms with van der Waals surface area (Å²) >= 11 is 3.41. The summed E-state index contributed by atoms with van der Waals surface area (Å²) in [7, 11) is 0. The van der Waals surface area contributed by atoms with E-state index in [1.54, 1.807) is 0 Å². The zero-order chi connectivity index (χ0) is 11.6. The van der Waals surface area contributed by atoms with E-state index < -0.39 is 0 Å². The molecule has 1 aliphatic rings. The van der Waals surface area contributed by atoms with Gasteiger partial charge >= 0.3 is 0 Å². The van der Waals surface area contributed by atoms with Crippen LogP contribution in [0.4, 0.5) is 0 Å². The van der Waals surface area contributed by atoms with E-state index in [-0.39, 0.29) is 5.54 Å². The van der Waals surface area contributed by atoms with Crippen LogP contribution < -0.4 is 10.5 Å². The van der Waals surface area contributed by atoms with Gasteiger partial charge in [-0.15, -0.1) is 0 Å². The fourth-order valence-electron chi connectivity index (χ4n) is 2.04. The van der Waals surface area contributed by atoms with Crippen molar-refractivity contribution in [3.05, 3.63) is 22.3 Å². The predicted octanol–water partition coefficient (Wildman–Crippen LogP) is 2.80. The van der Waals surface area contributed by atoms with Crippen LogP contribution in [-0.4, -0.2) is 17.1 Å². The molecule has 2 N–H and O–H groups in total. The van der Waals surface area contributed by atoms with E-state index in [2.05, 4.69) is 20.9 Å². The van der Waals surface area contributed by atoms with Crippen molar-refractivity contribution in [3.8, 4) is 5.88 Å². The highest BCUT2D eigenvalue weighted by molar-refractivity contribution is 9.10. The molecule has 1 fully saturated rings. The third-order valence-corrected chi connectivity index (χ3v) is 3.94. The van der Waals surface area contributed by atoms with Crippen LogP contribution in [0.15, 0.2) is 16.6 Å². The Morgan fingerprint density at radius 3 is 2.75 bits per heavy atom. The van der Waals surface area contributed by atoms with E-state index >= 15 is 0 Å². The number of halogens is 1. The van der Waals surface area contributed by atoms with Crippen molar-refractivity contribution in [1.82, 2.24) is 4.98 Å². The van der Waals surface area contributed by atoms with Gasteiger partial charge in [-0.1, -0.05) is 12.8 Å². The lowest BCUT2D eigenvalue weighted by Gasteiger charge is -2.23. The normalized spacial score (nSPS) is 18.7. The first kappa shape index (κ1) is 11.9. The molecule has 16 heavy (non-hydrogen) atoms. The van der Waals surface area contributed by atoms with Crippen molar-refractivity contribution >= 4 is 15.9 Å². The molecule has 0 saturated heterocycles. The van der Waals surface area contributed by atoms with Crippen LogP contribution in [0.2, 0.25) is 0 Å². The van der Waals surface area contributed by atoms with Crippen LogP contribution in [0.3, 0.4) is 0 Å². The number of nitrogens with zero attached hydrogens (tertiary/aromatic N) is 1. The third-order valence-electron chi connectivity index (χ3n) is 3.10. The van der Waals surface area contributed by atoms with E-state index in [0.717, 1.165) is 23.0 Å². The minimum atomic E-state index is -0.136. The highest BCUT2D eigenvalue weighted by atomic mass is 79.9. The van der Waals surface area contributed by atoms with Crippen molar-refractivity contribution < 1.29 is 4.74 Å². The van der Waals surface area contributed by atoms with Crippen molar-refractivity contribution in [2.45, 2.75) is 38.1 Å². The summed E-state index contributed by atoms with van der Waals surface area (Å²) in [6.07, 6.45) is 4.55. The molecule has 1 aromatic heterocycles. The molecular weight excluding hydrogens is 268 g/mol. The van der Waals surface area contributed by atoms with Gasteiger partial charge in [-0.05, 0) is 41.8 Å². The molecule has 0 radical (unpaired) electrons. The zero-order valence-electron chi connectivity index (χ0n) is 9.50. The largest absolute Gasteiger partial charge is 0.476 e. The zero-order valence-corrected chi connectivity index (χ0v) is 11.1. The summed E-state index contributed by atoms with van der Waals surface area (Å²) in [5.74, 6) is 0.664. The van der Waals surface area contributed by atoms with E-state index in [4.69, 9.17) is 10.5 Å². The average Bonchev–Trinajstić information content (AvgIpc) is 2.68. The molecule has 0 bridgehead atoms. The Labute approximate surface area is 105 Å². The van der Waals surface area contributed by atoms with Crippen LogP contribution in [0, 0.1) is 6.92 Å². The number of ether oxygens (including phenoxy) is 1. The summed E-state index contributed by atoms with van der Waals surface area (Å²) in [6.45, 7) is 2.52. The Balaban J connectivity index is 1.96. The van der Waals surface area contributed by atoms with Crippen molar-refractivity contribution in [3.63, 3.8) is 0 Å². The van der Waals surface area contributed by atoms with E-state index in [9.17, 15) is 0 Å². The third kappa shape index (κ3) is 2.74. The van der Waals surface area contributed by atoms with Gasteiger partial charge in [-0.3, -0.25) is 0 Å². The first-order valence-electron chi connectivity index (χ1n) is 5.64. The standard InChI is InChI=1S/C12H17BrN2O/c1-9-10(13)4-5-11(15-9)16-8-12(14)6-2-3-7-12/h4-5H,2-3,6-8,14H2,1H3. The second-order valence-electron chi connectivity index (χ2n) is 4.57. The van der Waals surface area contributed by atoms with Gasteiger partial charge in [-0.25, -0.2) is 4.98 Å². The van der Waals surface area contributed by atoms with Crippen molar-refractivity contribution in [1.29, 1.82) is 0 Å². The van der Waals surface area contributed by atoms with Crippen LogP contribution in [0.5, 0.6) is 5.88 Å². The van der Waals surface area contributed by atoms with Crippen LogP contribution in [0.25, 0.3) is 0 Å². The lowest BCUT2D eigenvalue weighted by atomic mass is 10.0. The quantitative estimate of drug-likeness (QED) is 0.929. The fourth-order valence-corrected chi connectivity index (χ4v) is 2.26. The summed E-state index contributed by atoms with van der Waals surface area (Å²) in [4.78, 5) is 4.34. The van der Waals surface area contributed by atoms with Gasteiger partial charge in [0.05, 0.1) is 11.2 Å². The lowest BCUT2D eigenvalue weighted by molar-refractivity contribution is 0.213. The van der Waals surface area contributed by atoms with Gasteiger partial charge < -0.3 is 10.5 Å². The number of aromatic nitrogens is 1. The molecule has 4 heteroatoms. The van der Waals surface area contributed by atoms with Gasteiger partial charge in [0.15, 0.2) is 0 Å². The molecular formula is C12H17BrN2O. The number of nitrogens with two attached hydrogens (primary N) is 1. The first-order chi connectivity index (χ1) is 7.59. The molecule has 0 aromatic carbocycles. The van der Waals surface area contributed by atoms with Gasteiger partial charge in [-0.2, -0.15) is 0 Å². The molecule has 0 unspecified atom stereocenters. The molecule has 0 amide bonds. The molecule has 1 aromatic rings. The SMILES string of the molecule is Cc1nc(OCC2(N)CCCC2)ccc1Br. The number of hydrogen-bond donors (Lipinski definition) is 1. The molecule has 0 aliphatic heterocycles. The molecule has 88 valence electrons. The Hall–Kier alpha value is -0.610. The molecule has 1 heterocycles. The topological polar surface area (TPSA) is 48.1 Å². The van der Waals surface area contributed by atoms with E-state index in [1.165, 1.54) is 12.8 Å². The Bertz CT molecular complexity index is 375. The minimum absolute atomic E-state index is 0.136. The minimum Gasteiger partial charge on any atom is -0.476 e. The number of aryl methyl sites for hydroxylation is 1. The molecule has 1 saturated carbocycles. The maximum atomic E-state index is 6.21. The number of rotatable bonds is 3. The lowest BCUT2D eigenvalue weighted by Crippen LogP contribution is -2.42. The summed E-state index contributed by atoms with van der Waals surface area (Å²) in [6, 6.07) is 3.82. The van der Waals surface area contributed by atoms with Gasteiger partial charge in [0.25, 0.3) is 0 Å². The second-order valence-corrected chi connectivity index (χ2v) is 5.43. The molecule has 0 spiro atoms. The first-order valence-corrected chi connectivity index (χ1v) is 6.43. The smallest absolute Gasteiger partial charge is 0.213 e. The van der Waals surface area contributed by atoms with Gasteiger partial charge in [0.2, 0.25) is 5.88 Å². The molecule has 3 nitrogen and oxygen atoms in total. The van der Waals surface area contributed by atoms with Crippen LogP contribution in [0.1, 0.15) is 31.4 Å². The molecule has 2 rings (SSSR count). The highest BCUT2D eigenvalue weighted by Crippen LogP contribution is 2.28. The Kier molecular flexibility index (Phi) is 3.50. The van der Waals surface area contributed by atoms with Gasteiger partial charge in [0.1, 0.15) is 6.61 Å². The Morgan fingerprint density at radius 2 is 2.12 bits per heavy atom. The van der Waals surface area contributed by atoms with Crippen LogP contribution >= 0.6 is 15.9 Å². The predicted molar refractivity (Wildman–Crippen MR) is 67.6 cm³/mol. The highest BCUT2D eigenvalue weighted by Gasteiger charge is 2.30. The van der Waals surface area contributed by atoms with Gasteiger partial charge in [0, 0.05) is 10.5 Å². The summed E-state index contributed by atoms with van der Waals surface area (Å²) in [5, 5.41) is 0. The van der Waals surface area contributed by atoms with Crippen LogP contribution in [-0.2, 0) is 0 Å². The second kappa shape index (κ2) is 4.72. The molecule has 0 atom stereocenters. The maximum Gasteiger partial charge on any atom is 0.213 e. The van der Waals surface area contributed by atoms with Crippen molar-refractivity contribution in [2.24, 2.45) is 5.73 Å². The Morgan fingerprint density at radius 1 is 1.44 bits per heavy atom. The maximum absolute atomic E-state index is 6.21. The van der Waals surface area contributed by atoms with E-state index in [1.807, 2.05) is 19.1 Å². The van der Waals surface area contributed by atoms with E-state index in [0.29, 0.717) is 12.5 Å². The number of pyridine rings is 1. The fraction of sp³-hybridized carbons (Fsp3) is 0.583.